The van der Waals surface area contributed by atoms with Gasteiger partial charge in [-0.15, -0.1) is 11.8 Å². The van der Waals surface area contributed by atoms with Crippen molar-refractivity contribution < 1.29 is 4.79 Å². The molecular formula is C15H13BrN4OS. The minimum Gasteiger partial charge on any atom is -0.293 e. The monoisotopic (exact) mass is 376 g/mol. The molecule has 0 bridgehead atoms. The number of hydrogen-bond acceptors (Lipinski definition) is 4. The van der Waals surface area contributed by atoms with Gasteiger partial charge in [-0.3, -0.25) is 14.6 Å². The number of nitrogen functional groups attached to an aromatic ring is 1. The fraction of sp³-hybridized carbons (Fsp3) is 0.0667. The van der Waals surface area contributed by atoms with Gasteiger partial charge in [0.1, 0.15) is 5.69 Å². The number of nitrogens with two attached hydrogens (primary N) is 1. The number of pyridine rings is 1. The van der Waals surface area contributed by atoms with Crippen LogP contribution in [0.4, 0.5) is 0 Å². The second kappa shape index (κ2) is 6.51. The largest absolute Gasteiger partial charge is 0.293 e. The van der Waals surface area contributed by atoms with Gasteiger partial charge in [-0.05, 0) is 27.6 Å². The number of hydrazine groups is 1. The maximum absolute atomic E-state index is 11.8. The fourth-order valence-corrected chi connectivity index (χ4v) is 3.68. The Bertz CT molecular complexity index is 819. The lowest BCUT2D eigenvalue weighted by Crippen LogP contribution is -2.30. The highest BCUT2D eigenvalue weighted by Gasteiger charge is 2.13. The maximum Gasteiger partial charge on any atom is 0.283 e. The summed E-state index contributed by atoms with van der Waals surface area (Å²) in [6.45, 7) is 0. The predicted molar refractivity (Wildman–Crippen MR) is 90.5 cm³/mol. The van der Waals surface area contributed by atoms with Crippen LogP contribution in [0.1, 0.15) is 16.1 Å². The third-order valence-corrected chi connectivity index (χ3v) is 4.77. The van der Waals surface area contributed by atoms with Crippen molar-refractivity contribution in [2.24, 2.45) is 5.84 Å². The van der Waals surface area contributed by atoms with E-state index in [1.54, 1.807) is 16.2 Å². The summed E-state index contributed by atoms with van der Waals surface area (Å²) >= 11 is 5.19. The van der Waals surface area contributed by atoms with Crippen LogP contribution >= 0.6 is 27.7 Å². The highest BCUT2D eigenvalue weighted by atomic mass is 79.9. The Morgan fingerprint density at radius 2 is 2.14 bits per heavy atom. The van der Waals surface area contributed by atoms with Crippen LogP contribution < -0.4 is 11.3 Å². The molecule has 2 aromatic heterocycles. The Morgan fingerprint density at radius 1 is 1.36 bits per heavy atom. The average molecular weight is 377 g/mol. The molecule has 1 amide bonds. The lowest BCUT2D eigenvalue weighted by molar-refractivity contribution is 0.0947. The van der Waals surface area contributed by atoms with Crippen LogP contribution in [0.3, 0.4) is 0 Å². The molecule has 0 aliphatic heterocycles. The first-order chi connectivity index (χ1) is 10.7. The first-order valence-electron chi connectivity index (χ1n) is 6.53. The van der Waals surface area contributed by atoms with Gasteiger partial charge in [0.05, 0.1) is 10.7 Å². The molecule has 2 heterocycles. The summed E-state index contributed by atoms with van der Waals surface area (Å²) in [6.07, 6.45) is 3.40. The number of imidazole rings is 1. The maximum atomic E-state index is 11.8. The summed E-state index contributed by atoms with van der Waals surface area (Å²) < 4.78 is 2.57. The van der Waals surface area contributed by atoms with Crippen molar-refractivity contribution in [3.05, 3.63) is 64.5 Å². The molecule has 0 saturated carbocycles. The minimum absolute atomic E-state index is 0.371. The molecule has 0 fully saturated rings. The van der Waals surface area contributed by atoms with E-state index >= 15 is 0 Å². The predicted octanol–water partition coefficient (Wildman–Crippen LogP) is 2.99. The van der Waals surface area contributed by atoms with Gasteiger partial charge in [0.25, 0.3) is 5.91 Å². The molecule has 3 rings (SSSR count). The van der Waals surface area contributed by atoms with Crippen molar-refractivity contribution in [2.45, 2.75) is 10.6 Å². The number of aromatic nitrogens is 2. The Hall–Kier alpha value is -1.83. The summed E-state index contributed by atoms with van der Waals surface area (Å²) in [5.41, 5.74) is 4.47. The zero-order valence-corrected chi connectivity index (χ0v) is 13.9. The van der Waals surface area contributed by atoms with Crippen LogP contribution in [0.15, 0.2) is 58.2 Å². The number of amides is 1. The van der Waals surface area contributed by atoms with Crippen LogP contribution in [0, 0.1) is 0 Å². The highest BCUT2D eigenvalue weighted by Crippen LogP contribution is 2.28. The number of rotatable bonds is 4. The number of thioether (sulfide) groups is 1. The van der Waals surface area contributed by atoms with Crippen molar-refractivity contribution in [3.8, 4) is 0 Å². The number of benzene rings is 1. The molecule has 0 unspecified atom stereocenters. The number of carbonyl (C=O) groups excluding carboxylic acids is 1. The first-order valence-corrected chi connectivity index (χ1v) is 8.31. The van der Waals surface area contributed by atoms with Crippen molar-refractivity contribution in [1.82, 2.24) is 14.8 Å². The van der Waals surface area contributed by atoms with Crippen molar-refractivity contribution >= 4 is 39.2 Å². The van der Waals surface area contributed by atoms with E-state index in [1.807, 2.05) is 30.5 Å². The van der Waals surface area contributed by atoms with E-state index in [0.717, 1.165) is 15.1 Å². The zero-order valence-electron chi connectivity index (χ0n) is 11.5. The summed E-state index contributed by atoms with van der Waals surface area (Å²) in [6, 6.07) is 12.2. The number of nitrogens with one attached hydrogen (secondary N) is 1. The van der Waals surface area contributed by atoms with Gasteiger partial charge < -0.3 is 0 Å². The van der Waals surface area contributed by atoms with Crippen molar-refractivity contribution in [1.29, 1.82) is 0 Å². The number of fused-ring (bicyclic) bond motifs is 1. The summed E-state index contributed by atoms with van der Waals surface area (Å²) in [4.78, 5) is 17.0. The fourth-order valence-electron chi connectivity index (χ4n) is 2.08. The molecule has 0 radical (unpaired) electrons. The molecule has 0 spiro atoms. The number of carbonyl (C=O) groups is 1. The van der Waals surface area contributed by atoms with Crippen LogP contribution in [0.25, 0.3) is 5.65 Å². The van der Waals surface area contributed by atoms with E-state index < -0.39 is 0 Å². The molecule has 7 heteroatoms. The highest BCUT2D eigenvalue weighted by molar-refractivity contribution is 9.10. The Labute approximate surface area is 140 Å². The molecule has 112 valence electrons. The molecule has 0 aliphatic rings. The van der Waals surface area contributed by atoms with Crippen molar-refractivity contribution in [2.75, 3.05) is 0 Å². The second-order valence-electron chi connectivity index (χ2n) is 4.61. The average Bonchev–Trinajstić information content (AvgIpc) is 2.97. The van der Waals surface area contributed by atoms with Crippen LogP contribution in [0.5, 0.6) is 0 Å². The van der Waals surface area contributed by atoms with Crippen LogP contribution in [0.2, 0.25) is 0 Å². The molecule has 22 heavy (non-hydrogen) atoms. The summed E-state index contributed by atoms with van der Waals surface area (Å²) in [7, 11) is 0. The van der Waals surface area contributed by atoms with E-state index in [2.05, 4.69) is 38.5 Å². The van der Waals surface area contributed by atoms with E-state index in [0.29, 0.717) is 11.3 Å². The Balaban J connectivity index is 1.92. The van der Waals surface area contributed by atoms with Gasteiger partial charge in [-0.1, -0.05) is 30.3 Å². The molecule has 3 N–H and O–H groups in total. The Kier molecular flexibility index (Phi) is 4.47. The quantitative estimate of drug-likeness (QED) is 0.317. The molecule has 0 aliphatic carbocycles. The molecule has 0 atom stereocenters. The molecule has 3 aromatic rings. The number of halogens is 1. The summed E-state index contributed by atoms with van der Waals surface area (Å²) in [5, 5.41) is 0. The van der Waals surface area contributed by atoms with E-state index in [4.69, 9.17) is 5.84 Å². The zero-order chi connectivity index (χ0) is 15.5. The second-order valence-corrected chi connectivity index (χ2v) is 6.51. The lowest BCUT2D eigenvalue weighted by atomic mass is 10.2. The number of hydrogen-bond donors (Lipinski definition) is 2. The topological polar surface area (TPSA) is 72.4 Å². The van der Waals surface area contributed by atoms with Gasteiger partial charge in [-0.2, -0.15) is 0 Å². The van der Waals surface area contributed by atoms with E-state index in [-0.39, 0.29) is 5.91 Å². The Morgan fingerprint density at radius 3 is 2.86 bits per heavy atom. The molecular weight excluding hydrogens is 364 g/mol. The third kappa shape index (κ3) is 3.01. The molecule has 5 nitrogen and oxygen atoms in total. The molecule has 1 aromatic carbocycles. The van der Waals surface area contributed by atoms with Gasteiger partial charge in [0.2, 0.25) is 0 Å². The van der Waals surface area contributed by atoms with Crippen LogP contribution in [-0.2, 0) is 5.75 Å². The van der Waals surface area contributed by atoms with E-state index in [9.17, 15) is 4.79 Å². The summed E-state index contributed by atoms with van der Waals surface area (Å²) in [5.74, 6) is 5.69. The van der Waals surface area contributed by atoms with Gasteiger partial charge in [-0.25, -0.2) is 10.8 Å². The standard InChI is InChI=1S/C15H13BrN4OS/c16-12-6-11(22-9-10-4-2-1-3-5-10)8-20-13(15(21)19-17)7-18-14(12)20/h1-8H,9,17H2,(H,19,21). The first kappa shape index (κ1) is 15.1. The van der Waals surface area contributed by atoms with E-state index in [1.165, 1.54) is 11.8 Å². The smallest absolute Gasteiger partial charge is 0.283 e. The minimum atomic E-state index is -0.371. The van der Waals surface area contributed by atoms with Gasteiger partial charge >= 0.3 is 0 Å². The van der Waals surface area contributed by atoms with Crippen molar-refractivity contribution in [3.63, 3.8) is 0 Å². The number of nitrogens with zero attached hydrogens (tertiary/aromatic N) is 2. The molecule has 0 saturated heterocycles. The SMILES string of the molecule is NNC(=O)c1cnc2c(Br)cc(SCc3ccccc3)cn12. The van der Waals surface area contributed by atoms with Crippen LogP contribution in [-0.4, -0.2) is 15.3 Å². The van der Waals surface area contributed by atoms with Gasteiger partial charge in [0.15, 0.2) is 5.65 Å². The normalized spacial score (nSPS) is 10.8. The van der Waals surface area contributed by atoms with Gasteiger partial charge in [0, 0.05) is 16.8 Å². The third-order valence-electron chi connectivity index (χ3n) is 3.15. The lowest BCUT2D eigenvalue weighted by Gasteiger charge is -2.06.